The Morgan fingerprint density at radius 3 is 2.40 bits per heavy atom. The van der Waals surface area contributed by atoms with Gasteiger partial charge in [-0.3, -0.25) is 0 Å². The Labute approximate surface area is 131 Å². The van der Waals surface area contributed by atoms with Crippen LogP contribution in [0.4, 0.5) is 10.1 Å². The summed E-state index contributed by atoms with van der Waals surface area (Å²) >= 11 is 17.8. The third-order valence-electron chi connectivity index (χ3n) is 2.47. The number of rotatable bonds is 5. The molecular formula is C14H11Cl3FNO. The molecular weight excluding hydrogens is 324 g/mol. The molecule has 2 aromatic carbocycles. The highest BCUT2D eigenvalue weighted by molar-refractivity contribution is 6.40. The zero-order valence-electron chi connectivity index (χ0n) is 10.3. The van der Waals surface area contributed by atoms with E-state index >= 15 is 0 Å². The average molecular weight is 335 g/mol. The lowest BCUT2D eigenvalue weighted by Crippen LogP contribution is -2.11. The van der Waals surface area contributed by atoms with Crippen molar-refractivity contribution in [2.45, 2.75) is 0 Å². The van der Waals surface area contributed by atoms with Gasteiger partial charge in [0.2, 0.25) is 0 Å². The van der Waals surface area contributed by atoms with Crippen LogP contribution >= 0.6 is 34.8 Å². The molecule has 0 saturated heterocycles. The second kappa shape index (κ2) is 7.02. The minimum absolute atomic E-state index is 0.292. The van der Waals surface area contributed by atoms with Crippen LogP contribution in [0.2, 0.25) is 15.1 Å². The van der Waals surface area contributed by atoms with E-state index in [0.29, 0.717) is 39.7 Å². The fraction of sp³-hybridized carbons (Fsp3) is 0.143. The van der Waals surface area contributed by atoms with Gasteiger partial charge in [0.1, 0.15) is 12.4 Å². The molecule has 0 unspecified atom stereocenters. The van der Waals surface area contributed by atoms with E-state index in [1.165, 1.54) is 12.1 Å². The van der Waals surface area contributed by atoms with Crippen LogP contribution < -0.4 is 10.1 Å². The number of anilines is 1. The van der Waals surface area contributed by atoms with E-state index in [-0.39, 0.29) is 5.82 Å². The number of halogens is 4. The van der Waals surface area contributed by atoms with Gasteiger partial charge in [-0.25, -0.2) is 4.39 Å². The van der Waals surface area contributed by atoms with E-state index < -0.39 is 0 Å². The standard InChI is InChI=1S/C14H11Cl3FNO/c15-9-6-12(16)14(13(17)7-9)20-5-4-19-11-3-1-2-10(18)8-11/h1-3,6-8,19H,4-5H2. The third kappa shape index (κ3) is 4.17. The maximum absolute atomic E-state index is 13.0. The Morgan fingerprint density at radius 2 is 1.75 bits per heavy atom. The zero-order valence-corrected chi connectivity index (χ0v) is 12.6. The molecule has 0 aliphatic carbocycles. The molecule has 0 aromatic heterocycles. The van der Waals surface area contributed by atoms with E-state index in [4.69, 9.17) is 39.5 Å². The van der Waals surface area contributed by atoms with E-state index in [1.807, 2.05) is 0 Å². The minimum atomic E-state index is -0.292. The molecule has 20 heavy (non-hydrogen) atoms. The van der Waals surface area contributed by atoms with Gasteiger partial charge in [-0.2, -0.15) is 0 Å². The van der Waals surface area contributed by atoms with Gasteiger partial charge in [0, 0.05) is 17.3 Å². The highest BCUT2D eigenvalue weighted by atomic mass is 35.5. The van der Waals surface area contributed by atoms with Crippen molar-refractivity contribution in [3.05, 3.63) is 57.3 Å². The van der Waals surface area contributed by atoms with E-state index in [2.05, 4.69) is 5.32 Å². The summed E-state index contributed by atoms with van der Waals surface area (Å²) in [5.74, 6) is 0.0958. The van der Waals surface area contributed by atoms with E-state index in [1.54, 1.807) is 24.3 Å². The van der Waals surface area contributed by atoms with Crippen molar-refractivity contribution in [2.24, 2.45) is 0 Å². The maximum atomic E-state index is 13.0. The van der Waals surface area contributed by atoms with Gasteiger partial charge in [-0.1, -0.05) is 40.9 Å². The SMILES string of the molecule is Fc1cccc(NCCOc2c(Cl)cc(Cl)cc2Cl)c1. The Morgan fingerprint density at radius 1 is 1.05 bits per heavy atom. The van der Waals surface area contributed by atoms with E-state index in [0.717, 1.165) is 0 Å². The second-order valence-electron chi connectivity index (χ2n) is 3.98. The molecule has 1 N–H and O–H groups in total. The van der Waals surface area contributed by atoms with Crippen LogP contribution in [-0.4, -0.2) is 13.2 Å². The van der Waals surface area contributed by atoms with Gasteiger partial charge in [0.05, 0.1) is 10.0 Å². The van der Waals surface area contributed by atoms with E-state index in [9.17, 15) is 4.39 Å². The van der Waals surface area contributed by atoms with Crippen LogP contribution in [0.15, 0.2) is 36.4 Å². The van der Waals surface area contributed by atoms with Gasteiger partial charge in [-0.15, -0.1) is 0 Å². The van der Waals surface area contributed by atoms with Crippen molar-refractivity contribution in [3.8, 4) is 5.75 Å². The quantitative estimate of drug-likeness (QED) is 0.751. The van der Waals surface area contributed by atoms with Gasteiger partial charge < -0.3 is 10.1 Å². The number of hydrogen-bond acceptors (Lipinski definition) is 2. The predicted molar refractivity (Wildman–Crippen MR) is 81.9 cm³/mol. The van der Waals surface area contributed by atoms with Gasteiger partial charge >= 0.3 is 0 Å². The summed E-state index contributed by atoms with van der Waals surface area (Å²) in [4.78, 5) is 0. The molecule has 2 aromatic rings. The van der Waals surface area contributed by atoms with Crippen molar-refractivity contribution in [2.75, 3.05) is 18.5 Å². The van der Waals surface area contributed by atoms with Crippen LogP contribution in [0.5, 0.6) is 5.75 Å². The first-order valence-corrected chi connectivity index (χ1v) is 6.96. The highest BCUT2D eigenvalue weighted by Crippen LogP contribution is 2.35. The molecule has 106 valence electrons. The second-order valence-corrected chi connectivity index (χ2v) is 5.23. The molecule has 0 saturated carbocycles. The van der Waals surface area contributed by atoms with Crippen molar-refractivity contribution in [1.29, 1.82) is 0 Å². The molecule has 0 aliphatic rings. The summed E-state index contributed by atoms with van der Waals surface area (Å²) in [6.07, 6.45) is 0. The summed E-state index contributed by atoms with van der Waals surface area (Å²) in [6, 6.07) is 9.31. The molecule has 0 aliphatic heterocycles. The zero-order chi connectivity index (χ0) is 14.5. The fourth-order valence-electron chi connectivity index (χ4n) is 1.61. The summed E-state index contributed by atoms with van der Waals surface area (Å²) in [5, 5.41) is 4.19. The number of hydrogen-bond donors (Lipinski definition) is 1. The molecule has 0 fully saturated rings. The van der Waals surface area contributed by atoms with Crippen LogP contribution in [0.1, 0.15) is 0 Å². The molecule has 0 radical (unpaired) electrons. The van der Waals surface area contributed by atoms with Crippen LogP contribution in [0.3, 0.4) is 0 Å². The van der Waals surface area contributed by atoms with Crippen LogP contribution in [0, 0.1) is 5.82 Å². The van der Waals surface area contributed by atoms with Gasteiger partial charge in [0.15, 0.2) is 5.75 Å². The van der Waals surface area contributed by atoms with Gasteiger partial charge in [-0.05, 0) is 30.3 Å². The van der Waals surface area contributed by atoms with Gasteiger partial charge in [0.25, 0.3) is 0 Å². The maximum Gasteiger partial charge on any atom is 0.156 e. The lowest BCUT2D eigenvalue weighted by molar-refractivity contribution is 0.333. The molecule has 2 rings (SSSR count). The first kappa shape index (κ1) is 15.2. The van der Waals surface area contributed by atoms with Crippen molar-refractivity contribution < 1.29 is 9.13 Å². The molecule has 0 atom stereocenters. The topological polar surface area (TPSA) is 21.3 Å². The van der Waals surface area contributed by atoms with Crippen LogP contribution in [0.25, 0.3) is 0 Å². The Kier molecular flexibility index (Phi) is 5.35. The van der Waals surface area contributed by atoms with Crippen molar-refractivity contribution in [1.82, 2.24) is 0 Å². The minimum Gasteiger partial charge on any atom is -0.489 e. The summed E-state index contributed by atoms with van der Waals surface area (Å²) in [7, 11) is 0. The monoisotopic (exact) mass is 333 g/mol. The molecule has 2 nitrogen and oxygen atoms in total. The van der Waals surface area contributed by atoms with Crippen LogP contribution in [-0.2, 0) is 0 Å². The highest BCUT2D eigenvalue weighted by Gasteiger charge is 2.08. The predicted octanol–water partition coefficient (Wildman–Crippen LogP) is 5.28. The molecule has 0 bridgehead atoms. The first-order valence-electron chi connectivity index (χ1n) is 5.83. The number of ether oxygens (including phenoxy) is 1. The molecule has 6 heteroatoms. The first-order chi connectivity index (χ1) is 9.56. The lowest BCUT2D eigenvalue weighted by atomic mass is 10.3. The summed E-state index contributed by atoms with van der Waals surface area (Å²) in [5.41, 5.74) is 0.682. The molecule has 0 amide bonds. The molecule has 0 heterocycles. The Balaban J connectivity index is 1.88. The number of benzene rings is 2. The Hall–Kier alpha value is -1.16. The summed E-state index contributed by atoms with van der Waals surface area (Å²) in [6.45, 7) is 0.816. The largest absolute Gasteiger partial charge is 0.489 e. The third-order valence-corrected chi connectivity index (χ3v) is 3.24. The molecule has 0 spiro atoms. The smallest absolute Gasteiger partial charge is 0.156 e. The normalized spacial score (nSPS) is 10.4. The Bertz CT molecular complexity index is 584. The summed E-state index contributed by atoms with van der Waals surface area (Å²) < 4.78 is 18.5. The number of nitrogens with one attached hydrogen (secondary N) is 1. The van der Waals surface area contributed by atoms with Crippen molar-refractivity contribution >= 4 is 40.5 Å². The average Bonchev–Trinajstić information content (AvgIpc) is 2.36. The van der Waals surface area contributed by atoms with Crippen molar-refractivity contribution in [3.63, 3.8) is 0 Å². The fourth-order valence-corrected chi connectivity index (χ4v) is 2.54. The lowest BCUT2D eigenvalue weighted by Gasteiger charge is -2.11.